The third-order valence-electron chi connectivity index (χ3n) is 2.69. The summed E-state index contributed by atoms with van der Waals surface area (Å²) in [6, 6.07) is 7.67. The number of rotatable bonds is 2. The van der Waals surface area contributed by atoms with Gasteiger partial charge in [-0.15, -0.1) is 5.10 Å². The molecule has 1 aromatic carbocycles. The third kappa shape index (κ3) is 1.83. The van der Waals surface area contributed by atoms with E-state index in [-0.39, 0.29) is 6.04 Å². The van der Waals surface area contributed by atoms with E-state index >= 15 is 0 Å². The Labute approximate surface area is 102 Å². The van der Waals surface area contributed by atoms with E-state index in [0.29, 0.717) is 0 Å². The molecule has 4 nitrogen and oxygen atoms in total. The lowest BCUT2D eigenvalue weighted by Gasteiger charge is -2.02. The molecule has 1 atom stereocenters. The Hall–Kier alpha value is -1.72. The van der Waals surface area contributed by atoms with Crippen molar-refractivity contribution in [3.8, 4) is 0 Å². The van der Waals surface area contributed by atoms with Gasteiger partial charge in [-0.1, -0.05) is 16.1 Å². The molecule has 0 spiro atoms. The van der Waals surface area contributed by atoms with Crippen molar-refractivity contribution in [3.05, 3.63) is 46.7 Å². The first-order chi connectivity index (χ1) is 8.24. The number of furan rings is 1. The lowest BCUT2D eigenvalue weighted by Crippen LogP contribution is -2.11. The molecule has 0 aliphatic heterocycles. The van der Waals surface area contributed by atoms with Gasteiger partial charge in [-0.25, -0.2) is 0 Å². The highest BCUT2D eigenvalue weighted by Gasteiger charge is 2.16. The SMILES string of the molecule is Cc1ccc2oc(C(N)c3csnn3)cc2c1. The quantitative estimate of drug-likeness (QED) is 0.753. The molecule has 2 aromatic heterocycles. The molecule has 0 aliphatic carbocycles. The number of aryl methyl sites for hydroxylation is 1. The maximum Gasteiger partial charge on any atom is 0.134 e. The molecule has 2 N–H and O–H groups in total. The zero-order chi connectivity index (χ0) is 11.8. The molecule has 0 bridgehead atoms. The molecule has 1 unspecified atom stereocenters. The number of hydrogen-bond donors (Lipinski definition) is 1. The minimum atomic E-state index is -0.346. The van der Waals surface area contributed by atoms with Crippen molar-refractivity contribution in [3.63, 3.8) is 0 Å². The predicted octanol–water partition coefficient (Wildman–Crippen LogP) is 2.64. The smallest absolute Gasteiger partial charge is 0.134 e. The zero-order valence-corrected chi connectivity index (χ0v) is 10.1. The Kier molecular flexibility index (Phi) is 2.42. The summed E-state index contributed by atoms with van der Waals surface area (Å²) >= 11 is 1.29. The Balaban J connectivity index is 2.06. The summed E-state index contributed by atoms with van der Waals surface area (Å²) in [5, 5.41) is 6.87. The van der Waals surface area contributed by atoms with Gasteiger partial charge in [0.1, 0.15) is 17.4 Å². The van der Waals surface area contributed by atoms with E-state index in [2.05, 4.69) is 22.6 Å². The molecule has 0 saturated carbocycles. The van der Waals surface area contributed by atoms with Crippen LogP contribution in [0.2, 0.25) is 0 Å². The van der Waals surface area contributed by atoms with Crippen molar-refractivity contribution in [1.29, 1.82) is 0 Å². The van der Waals surface area contributed by atoms with Crippen LogP contribution in [-0.4, -0.2) is 9.59 Å². The van der Waals surface area contributed by atoms with Crippen LogP contribution in [0.25, 0.3) is 11.0 Å². The van der Waals surface area contributed by atoms with Crippen LogP contribution in [0.1, 0.15) is 23.1 Å². The number of nitrogens with zero attached hydrogens (tertiary/aromatic N) is 2. The summed E-state index contributed by atoms with van der Waals surface area (Å²) in [6.45, 7) is 2.05. The van der Waals surface area contributed by atoms with Gasteiger partial charge in [-0.2, -0.15) is 0 Å². The minimum Gasteiger partial charge on any atom is -0.459 e. The maximum absolute atomic E-state index is 6.07. The minimum absolute atomic E-state index is 0.346. The number of aromatic nitrogens is 2. The van der Waals surface area contributed by atoms with E-state index < -0.39 is 0 Å². The highest BCUT2D eigenvalue weighted by Crippen LogP contribution is 2.26. The summed E-state index contributed by atoms with van der Waals surface area (Å²) in [5.74, 6) is 0.721. The molecule has 3 rings (SSSR count). The first-order valence-corrected chi connectivity index (χ1v) is 6.10. The van der Waals surface area contributed by atoms with Gasteiger partial charge in [0, 0.05) is 10.8 Å². The Bertz CT molecular complexity index is 645. The van der Waals surface area contributed by atoms with E-state index in [9.17, 15) is 0 Å². The van der Waals surface area contributed by atoms with Crippen LogP contribution < -0.4 is 5.73 Å². The monoisotopic (exact) mass is 245 g/mol. The Morgan fingerprint density at radius 3 is 3.00 bits per heavy atom. The fourth-order valence-corrected chi connectivity index (χ4v) is 2.28. The van der Waals surface area contributed by atoms with Gasteiger partial charge in [0.15, 0.2) is 0 Å². The number of benzene rings is 1. The van der Waals surface area contributed by atoms with Crippen LogP contribution in [-0.2, 0) is 0 Å². The van der Waals surface area contributed by atoms with Crippen molar-refractivity contribution in [2.45, 2.75) is 13.0 Å². The third-order valence-corrected chi connectivity index (χ3v) is 3.22. The average Bonchev–Trinajstić information content (AvgIpc) is 2.96. The second kappa shape index (κ2) is 3.94. The molecule has 0 aliphatic rings. The van der Waals surface area contributed by atoms with Crippen molar-refractivity contribution in [1.82, 2.24) is 9.59 Å². The molecule has 5 heteroatoms. The van der Waals surface area contributed by atoms with Crippen LogP contribution in [0.3, 0.4) is 0 Å². The Morgan fingerprint density at radius 2 is 2.24 bits per heavy atom. The average molecular weight is 245 g/mol. The van der Waals surface area contributed by atoms with E-state index in [1.54, 1.807) is 0 Å². The molecular formula is C12H11N3OS. The summed E-state index contributed by atoms with van der Waals surface area (Å²) in [4.78, 5) is 0. The molecule has 2 heterocycles. The lowest BCUT2D eigenvalue weighted by molar-refractivity contribution is 0.520. The van der Waals surface area contributed by atoms with Crippen molar-refractivity contribution >= 4 is 22.5 Å². The molecule has 0 saturated heterocycles. The Morgan fingerprint density at radius 1 is 1.35 bits per heavy atom. The normalized spacial score (nSPS) is 13.1. The van der Waals surface area contributed by atoms with Crippen LogP contribution in [0.4, 0.5) is 0 Å². The van der Waals surface area contributed by atoms with Gasteiger partial charge in [0.2, 0.25) is 0 Å². The van der Waals surface area contributed by atoms with E-state index in [1.165, 1.54) is 17.1 Å². The fraction of sp³-hybridized carbons (Fsp3) is 0.167. The van der Waals surface area contributed by atoms with E-state index in [1.807, 2.05) is 23.6 Å². The number of nitrogens with two attached hydrogens (primary N) is 1. The second-order valence-corrected chi connectivity index (χ2v) is 4.61. The van der Waals surface area contributed by atoms with Gasteiger partial charge >= 0.3 is 0 Å². The van der Waals surface area contributed by atoms with Crippen molar-refractivity contribution in [2.75, 3.05) is 0 Å². The zero-order valence-electron chi connectivity index (χ0n) is 9.25. The number of hydrogen-bond acceptors (Lipinski definition) is 5. The topological polar surface area (TPSA) is 64.9 Å². The molecule has 17 heavy (non-hydrogen) atoms. The molecule has 86 valence electrons. The van der Waals surface area contributed by atoms with Gasteiger partial charge in [-0.05, 0) is 36.7 Å². The van der Waals surface area contributed by atoms with Crippen molar-refractivity contribution in [2.24, 2.45) is 5.73 Å². The summed E-state index contributed by atoms with van der Waals surface area (Å²) in [7, 11) is 0. The fourth-order valence-electron chi connectivity index (χ4n) is 1.79. The molecular weight excluding hydrogens is 234 g/mol. The molecule has 0 radical (unpaired) electrons. The lowest BCUT2D eigenvalue weighted by atomic mass is 10.1. The van der Waals surface area contributed by atoms with Crippen LogP contribution in [0, 0.1) is 6.92 Å². The molecule has 3 aromatic rings. The molecule has 0 amide bonds. The summed E-state index contributed by atoms with van der Waals surface area (Å²) < 4.78 is 9.53. The predicted molar refractivity (Wildman–Crippen MR) is 66.9 cm³/mol. The van der Waals surface area contributed by atoms with Crippen molar-refractivity contribution < 1.29 is 4.42 Å². The van der Waals surface area contributed by atoms with Gasteiger partial charge in [0.05, 0.1) is 5.69 Å². The van der Waals surface area contributed by atoms with E-state index in [4.69, 9.17) is 10.2 Å². The maximum atomic E-state index is 6.07. The van der Waals surface area contributed by atoms with E-state index in [0.717, 1.165) is 22.4 Å². The molecule has 0 fully saturated rings. The summed E-state index contributed by atoms with van der Waals surface area (Å²) in [6.07, 6.45) is 0. The first-order valence-electron chi connectivity index (χ1n) is 5.26. The van der Waals surface area contributed by atoms with Crippen LogP contribution in [0.15, 0.2) is 34.1 Å². The highest BCUT2D eigenvalue weighted by atomic mass is 32.1. The first kappa shape index (κ1) is 10.4. The van der Waals surface area contributed by atoms with Gasteiger partial charge in [-0.3, -0.25) is 0 Å². The highest BCUT2D eigenvalue weighted by molar-refractivity contribution is 7.03. The second-order valence-electron chi connectivity index (χ2n) is 4.00. The van der Waals surface area contributed by atoms with Crippen LogP contribution in [0.5, 0.6) is 0 Å². The van der Waals surface area contributed by atoms with Crippen LogP contribution >= 0.6 is 11.5 Å². The van der Waals surface area contributed by atoms with Gasteiger partial charge in [0.25, 0.3) is 0 Å². The standard InChI is InChI=1S/C12H11N3OS/c1-7-2-3-10-8(4-7)5-11(16-10)12(13)9-6-17-15-14-9/h2-6,12H,13H2,1H3. The summed E-state index contributed by atoms with van der Waals surface area (Å²) in [5.41, 5.74) is 8.87. The largest absolute Gasteiger partial charge is 0.459 e. The van der Waals surface area contributed by atoms with Gasteiger partial charge < -0.3 is 10.2 Å². The number of fused-ring (bicyclic) bond motifs is 1.